The summed E-state index contributed by atoms with van der Waals surface area (Å²) in [6.07, 6.45) is 5.45. The third kappa shape index (κ3) is 4.16. The number of carbonyl (C=O) groups excluding carboxylic acids is 2. The molecule has 1 saturated heterocycles. The monoisotopic (exact) mass is 591 g/mol. The highest BCUT2D eigenvalue weighted by Crippen LogP contribution is 2.59. The molecule has 1 N–H and O–H groups in total. The van der Waals surface area contributed by atoms with Crippen LogP contribution >= 0.6 is 0 Å². The Balaban J connectivity index is 1.12. The van der Waals surface area contributed by atoms with Crippen molar-refractivity contribution in [2.75, 3.05) is 23.3 Å². The Hall–Kier alpha value is -4.82. The molecule has 0 radical (unpaired) electrons. The van der Waals surface area contributed by atoms with E-state index in [0.717, 1.165) is 4.57 Å². The minimum absolute atomic E-state index is 0.0622. The molecule has 3 fully saturated rings. The Kier molecular flexibility index (Phi) is 5.87. The average Bonchev–Trinajstić information content (AvgIpc) is 3.70. The molecule has 43 heavy (non-hydrogen) atoms. The number of halogens is 2. The van der Waals surface area contributed by atoms with Gasteiger partial charge in [-0.3, -0.25) is 23.5 Å². The van der Waals surface area contributed by atoms with Crippen molar-refractivity contribution in [3.8, 4) is 11.4 Å². The lowest BCUT2D eigenvalue weighted by Gasteiger charge is -2.20. The van der Waals surface area contributed by atoms with Crippen molar-refractivity contribution in [3.63, 3.8) is 0 Å². The number of carbonyl (C=O) groups is 2. The fourth-order valence-corrected chi connectivity index (χ4v) is 5.92. The van der Waals surface area contributed by atoms with Crippen LogP contribution < -0.4 is 21.5 Å². The highest BCUT2D eigenvalue weighted by Gasteiger charge is 2.71. The number of hydrogen-bond donors (Lipinski definition) is 1. The quantitative estimate of drug-likeness (QED) is 0.322. The van der Waals surface area contributed by atoms with E-state index in [9.17, 15) is 28.0 Å². The highest BCUT2D eigenvalue weighted by molar-refractivity contribution is 5.99. The summed E-state index contributed by atoms with van der Waals surface area (Å²) in [5.74, 6) is -3.32. The van der Waals surface area contributed by atoms with Gasteiger partial charge in [-0.1, -0.05) is 6.92 Å². The van der Waals surface area contributed by atoms with Gasteiger partial charge in [0.25, 0.3) is 17.4 Å². The fraction of sp³-hybridized carbons (Fsp3) is 0.429. The van der Waals surface area contributed by atoms with Crippen LogP contribution in [0.3, 0.4) is 0 Å². The molecule has 7 rings (SSSR count). The number of pyridine rings is 1. The first-order chi connectivity index (χ1) is 20.5. The summed E-state index contributed by atoms with van der Waals surface area (Å²) in [5, 5.41) is 2.81. The summed E-state index contributed by atoms with van der Waals surface area (Å²) in [6.45, 7) is 1.83. The SMILES string of the molecule is CCC(=O)Cn1c(=O)c2c(ncn2C2(C(=O)Nc3ccnc(-c4ccc(N5CC6C(C5)C6(F)F)nc4)n3)CC2)n(C)c1=O. The second-order valence-electron chi connectivity index (χ2n) is 11.4. The number of anilines is 2. The van der Waals surface area contributed by atoms with Crippen molar-refractivity contribution in [2.45, 2.75) is 44.2 Å². The Morgan fingerprint density at radius 3 is 2.47 bits per heavy atom. The zero-order valence-electron chi connectivity index (χ0n) is 23.3. The number of aryl methyl sites for hydroxylation is 1. The first kappa shape index (κ1) is 27.0. The number of imidazole rings is 1. The van der Waals surface area contributed by atoms with Gasteiger partial charge in [-0.05, 0) is 31.0 Å². The van der Waals surface area contributed by atoms with E-state index in [1.165, 1.54) is 34.8 Å². The van der Waals surface area contributed by atoms with Crippen molar-refractivity contribution >= 4 is 34.5 Å². The Labute approximate surface area is 242 Å². The molecule has 2 saturated carbocycles. The smallest absolute Gasteiger partial charge is 0.332 e. The molecule has 3 aliphatic rings. The van der Waals surface area contributed by atoms with Crippen LogP contribution in [0.4, 0.5) is 20.4 Å². The van der Waals surface area contributed by atoms with Gasteiger partial charge < -0.3 is 14.8 Å². The number of rotatable bonds is 8. The minimum atomic E-state index is -2.56. The van der Waals surface area contributed by atoms with Gasteiger partial charge in [0.15, 0.2) is 22.8 Å². The van der Waals surface area contributed by atoms with Gasteiger partial charge >= 0.3 is 5.69 Å². The highest BCUT2D eigenvalue weighted by atomic mass is 19.3. The number of ketones is 1. The number of amides is 1. The molecule has 2 atom stereocenters. The number of hydrogen-bond acceptors (Lipinski definition) is 9. The van der Waals surface area contributed by atoms with Crippen LogP contribution in [0.2, 0.25) is 0 Å². The van der Waals surface area contributed by atoms with Crippen LogP contribution in [0.15, 0.2) is 46.5 Å². The van der Waals surface area contributed by atoms with Crippen LogP contribution in [-0.4, -0.2) is 64.3 Å². The Morgan fingerprint density at radius 1 is 1.07 bits per heavy atom. The van der Waals surface area contributed by atoms with Crippen LogP contribution in [-0.2, 0) is 28.7 Å². The summed E-state index contributed by atoms with van der Waals surface area (Å²) in [5.41, 5.74) is -1.70. The average molecular weight is 592 g/mol. The summed E-state index contributed by atoms with van der Waals surface area (Å²) in [6, 6.07) is 5.03. The zero-order chi connectivity index (χ0) is 30.3. The van der Waals surface area contributed by atoms with Crippen LogP contribution in [0.1, 0.15) is 26.2 Å². The summed E-state index contributed by atoms with van der Waals surface area (Å²) < 4.78 is 30.7. The largest absolute Gasteiger partial charge is 0.356 e. The van der Waals surface area contributed by atoms with E-state index in [1.54, 1.807) is 25.3 Å². The van der Waals surface area contributed by atoms with Gasteiger partial charge in [-0.25, -0.2) is 33.5 Å². The number of Topliss-reactive ketones (excluding diaryl/α,β-unsaturated/α-hetero) is 1. The van der Waals surface area contributed by atoms with Gasteiger partial charge in [-0.2, -0.15) is 0 Å². The molecule has 2 unspecified atom stereocenters. The maximum atomic E-state index is 13.6. The number of alkyl halides is 2. The molecule has 13 nitrogen and oxygen atoms in total. The predicted octanol–water partition coefficient (Wildman–Crippen LogP) is 1.56. The first-order valence-electron chi connectivity index (χ1n) is 14.0. The van der Waals surface area contributed by atoms with Gasteiger partial charge in [0.2, 0.25) is 0 Å². The predicted molar refractivity (Wildman–Crippen MR) is 150 cm³/mol. The van der Waals surface area contributed by atoms with Crippen LogP contribution in [0.5, 0.6) is 0 Å². The molecular weight excluding hydrogens is 564 g/mol. The number of nitrogens with zero attached hydrogens (tertiary/aromatic N) is 8. The summed E-state index contributed by atoms with van der Waals surface area (Å²) >= 11 is 0. The van der Waals surface area contributed by atoms with Crippen LogP contribution in [0, 0.1) is 11.8 Å². The maximum absolute atomic E-state index is 13.6. The van der Waals surface area contributed by atoms with E-state index in [2.05, 4.69) is 25.3 Å². The lowest BCUT2D eigenvalue weighted by molar-refractivity contribution is -0.120. The first-order valence-corrected chi connectivity index (χ1v) is 14.0. The van der Waals surface area contributed by atoms with Gasteiger partial charge in [0, 0.05) is 44.5 Å². The molecule has 2 aliphatic carbocycles. The van der Waals surface area contributed by atoms with Crippen molar-refractivity contribution in [3.05, 3.63) is 57.8 Å². The van der Waals surface area contributed by atoms with E-state index in [1.807, 2.05) is 4.90 Å². The number of aromatic nitrogens is 7. The van der Waals surface area contributed by atoms with E-state index in [4.69, 9.17) is 0 Å². The second-order valence-corrected chi connectivity index (χ2v) is 11.4. The second kappa shape index (κ2) is 9.34. The van der Waals surface area contributed by atoms with Crippen LogP contribution in [0.25, 0.3) is 22.6 Å². The lowest BCUT2D eigenvalue weighted by Crippen LogP contribution is -2.42. The summed E-state index contributed by atoms with van der Waals surface area (Å²) in [7, 11) is 1.46. The van der Waals surface area contributed by atoms with Crippen molar-refractivity contribution in [1.29, 1.82) is 0 Å². The van der Waals surface area contributed by atoms with Gasteiger partial charge in [0.05, 0.1) is 24.7 Å². The molecule has 1 aliphatic heterocycles. The van der Waals surface area contributed by atoms with E-state index in [-0.39, 0.29) is 48.8 Å². The number of nitrogens with one attached hydrogen (secondary N) is 1. The molecule has 0 aromatic carbocycles. The van der Waals surface area contributed by atoms with E-state index < -0.39 is 40.5 Å². The Bertz CT molecular complexity index is 1910. The topological polar surface area (TPSA) is 150 Å². The standard InChI is InChI=1S/C28H27F2N9O4/c1-3-16(40)11-38-24(41)21-23(36(2)26(38)43)33-14-39(21)27(7-8-27)25(42)35-19-6-9-31-22(34-19)15-4-5-20(32-10-15)37-12-17-18(13-37)28(17,29)30/h4-6,9-10,14,17-18H,3,7-8,11-13H2,1-2H3,(H,31,34,35,42). The molecule has 0 spiro atoms. The lowest BCUT2D eigenvalue weighted by atomic mass is 10.2. The minimum Gasteiger partial charge on any atom is -0.356 e. The number of fused-ring (bicyclic) bond motifs is 2. The van der Waals surface area contributed by atoms with Crippen molar-refractivity contribution < 1.29 is 18.4 Å². The summed E-state index contributed by atoms with van der Waals surface area (Å²) in [4.78, 5) is 71.1. The molecule has 0 bridgehead atoms. The number of piperidine rings is 1. The zero-order valence-corrected chi connectivity index (χ0v) is 23.3. The molecule has 5 heterocycles. The van der Waals surface area contributed by atoms with E-state index in [0.29, 0.717) is 30.0 Å². The van der Waals surface area contributed by atoms with Gasteiger partial charge in [0.1, 0.15) is 17.2 Å². The molecule has 4 aromatic heterocycles. The molecule has 1 amide bonds. The normalized spacial score (nSPS) is 21.1. The molecule has 4 aromatic rings. The molecule has 222 valence electrons. The molecular formula is C28H27F2N9O4. The molecule has 15 heteroatoms. The third-order valence-corrected chi connectivity index (χ3v) is 8.79. The Morgan fingerprint density at radius 2 is 1.81 bits per heavy atom. The maximum Gasteiger partial charge on any atom is 0.332 e. The van der Waals surface area contributed by atoms with Crippen molar-refractivity contribution in [1.82, 2.24) is 33.6 Å². The van der Waals surface area contributed by atoms with Crippen molar-refractivity contribution in [2.24, 2.45) is 18.9 Å². The van der Waals surface area contributed by atoms with E-state index >= 15 is 0 Å². The van der Waals surface area contributed by atoms with Gasteiger partial charge in [-0.15, -0.1) is 0 Å². The third-order valence-electron chi connectivity index (χ3n) is 8.79. The fourth-order valence-electron chi connectivity index (χ4n) is 5.92.